The lowest BCUT2D eigenvalue weighted by atomic mass is 9.79. The molecule has 0 amide bonds. The van der Waals surface area contributed by atoms with Crippen molar-refractivity contribution in [3.05, 3.63) is 64.2 Å². The molecule has 2 aromatic carbocycles. The number of nitriles is 1. The monoisotopic (exact) mass is 413 g/mol. The zero-order chi connectivity index (χ0) is 21.3. The summed E-state index contributed by atoms with van der Waals surface area (Å²) in [4.78, 5) is 0. The van der Waals surface area contributed by atoms with Gasteiger partial charge in [-0.3, -0.25) is 0 Å². The van der Waals surface area contributed by atoms with Gasteiger partial charge in [-0.15, -0.1) is 0 Å². The second kappa shape index (κ2) is 7.97. The van der Waals surface area contributed by atoms with E-state index in [4.69, 9.17) is 5.26 Å². The average molecular weight is 413 g/mol. The highest BCUT2D eigenvalue weighted by Crippen LogP contribution is 2.40. The number of nitrogens with zero attached hydrogens (tertiary/aromatic N) is 1. The van der Waals surface area contributed by atoms with Crippen molar-refractivity contribution in [3.8, 4) is 11.8 Å². The van der Waals surface area contributed by atoms with Crippen molar-refractivity contribution in [3.63, 3.8) is 0 Å². The fraction of sp³-hybridized carbons (Fsp3) is 0.381. The van der Waals surface area contributed by atoms with Gasteiger partial charge in [-0.25, -0.2) is 17.6 Å². The van der Waals surface area contributed by atoms with Crippen LogP contribution in [0.15, 0.2) is 24.3 Å². The number of hydrogen-bond donors (Lipinski definition) is 0. The van der Waals surface area contributed by atoms with Gasteiger partial charge in [0.15, 0.2) is 11.6 Å². The number of benzene rings is 2. The summed E-state index contributed by atoms with van der Waals surface area (Å²) in [6, 6.07) is 3.82. The maximum absolute atomic E-state index is 14.5. The fourth-order valence-corrected chi connectivity index (χ4v) is 3.59. The molecule has 0 aromatic heterocycles. The van der Waals surface area contributed by atoms with Crippen LogP contribution in [0.3, 0.4) is 0 Å². The number of hydrogen-bond acceptors (Lipinski definition) is 2. The van der Waals surface area contributed by atoms with Gasteiger partial charge in [0.25, 0.3) is 0 Å². The molecule has 0 spiro atoms. The summed E-state index contributed by atoms with van der Waals surface area (Å²) in [6.45, 7) is 2.06. The predicted molar refractivity (Wildman–Crippen MR) is 92.3 cm³/mol. The fourth-order valence-electron chi connectivity index (χ4n) is 3.59. The van der Waals surface area contributed by atoms with E-state index < -0.39 is 46.3 Å². The maximum atomic E-state index is 14.5. The van der Waals surface area contributed by atoms with E-state index in [-0.39, 0.29) is 11.5 Å². The predicted octanol–water partition coefficient (Wildman–Crippen LogP) is 6.54. The Kier molecular flexibility index (Phi) is 5.78. The molecule has 2 aromatic rings. The van der Waals surface area contributed by atoms with Crippen LogP contribution in [-0.2, 0) is 6.11 Å². The first kappa shape index (κ1) is 21.0. The standard InChI is InChI=1S/C21H17F6NO/c1-11-2-4-12(5-3-11)14-6-7-16(20(25)19(14)24)21(26,27)29-13-8-17(22)15(10-28)18(23)9-13/h6-9,11-12H,2-5H2,1H3. The smallest absolute Gasteiger partial charge is 0.429 e. The van der Waals surface area contributed by atoms with Gasteiger partial charge < -0.3 is 4.74 Å². The van der Waals surface area contributed by atoms with Crippen molar-refractivity contribution in [1.82, 2.24) is 0 Å². The lowest BCUT2D eigenvalue weighted by molar-refractivity contribution is -0.187. The Bertz CT molecular complexity index is 937. The van der Waals surface area contributed by atoms with Gasteiger partial charge in [-0.1, -0.05) is 25.8 Å². The number of halogens is 6. The number of ether oxygens (including phenoxy) is 1. The van der Waals surface area contributed by atoms with Crippen LogP contribution in [0.25, 0.3) is 0 Å². The van der Waals surface area contributed by atoms with Crippen molar-refractivity contribution in [2.24, 2.45) is 5.92 Å². The maximum Gasteiger partial charge on any atom is 0.429 e. The Morgan fingerprint density at radius 2 is 1.55 bits per heavy atom. The van der Waals surface area contributed by atoms with Crippen LogP contribution in [0.5, 0.6) is 5.75 Å². The van der Waals surface area contributed by atoms with Crippen LogP contribution in [-0.4, -0.2) is 0 Å². The van der Waals surface area contributed by atoms with Crippen LogP contribution in [0, 0.1) is 40.5 Å². The van der Waals surface area contributed by atoms with Crippen molar-refractivity contribution < 1.29 is 31.1 Å². The minimum absolute atomic E-state index is 0.0319. The summed E-state index contributed by atoms with van der Waals surface area (Å²) in [6.07, 6.45) is -1.45. The van der Waals surface area contributed by atoms with Gasteiger partial charge >= 0.3 is 6.11 Å². The van der Waals surface area contributed by atoms with E-state index in [1.807, 2.05) is 0 Å². The molecule has 1 aliphatic carbocycles. The van der Waals surface area contributed by atoms with Crippen LogP contribution in [0.2, 0.25) is 0 Å². The largest absolute Gasteiger partial charge is 0.429 e. The first-order valence-electron chi connectivity index (χ1n) is 9.08. The van der Waals surface area contributed by atoms with E-state index in [2.05, 4.69) is 11.7 Å². The molecular formula is C21H17F6NO. The zero-order valence-electron chi connectivity index (χ0n) is 15.4. The third-order valence-corrected chi connectivity index (χ3v) is 5.25. The summed E-state index contributed by atoms with van der Waals surface area (Å²) in [7, 11) is 0. The van der Waals surface area contributed by atoms with Gasteiger partial charge in [0.05, 0.1) is 0 Å². The number of rotatable bonds is 4. The first-order valence-corrected chi connectivity index (χ1v) is 9.08. The van der Waals surface area contributed by atoms with E-state index >= 15 is 0 Å². The van der Waals surface area contributed by atoms with E-state index in [1.54, 1.807) is 0 Å². The second-order valence-corrected chi connectivity index (χ2v) is 7.28. The molecule has 0 heterocycles. The minimum atomic E-state index is -4.39. The summed E-state index contributed by atoms with van der Waals surface area (Å²) in [5.41, 5.74) is -2.32. The molecule has 2 nitrogen and oxygen atoms in total. The van der Waals surface area contributed by atoms with Gasteiger partial charge in [-0.2, -0.15) is 14.0 Å². The Labute approximate surface area is 163 Å². The highest BCUT2D eigenvalue weighted by Gasteiger charge is 2.40. The SMILES string of the molecule is CC1CCC(c2ccc(C(F)(F)Oc3cc(F)c(C#N)c(F)c3)c(F)c2F)CC1. The van der Waals surface area contributed by atoms with Crippen LogP contribution in [0.1, 0.15) is 55.2 Å². The molecule has 154 valence electrons. The van der Waals surface area contributed by atoms with Crippen molar-refractivity contribution in [2.45, 2.75) is 44.6 Å². The van der Waals surface area contributed by atoms with Crippen molar-refractivity contribution in [1.29, 1.82) is 5.26 Å². The Balaban J connectivity index is 1.89. The Hall–Kier alpha value is -2.69. The van der Waals surface area contributed by atoms with Crippen LogP contribution in [0.4, 0.5) is 26.3 Å². The summed E-state index contributed by atoms with van der Waals surface area (Å²) in [5, 5.41) is 8.61. The van der Waals surface area contributed by atoms with Crippen molar-refractivity contribution >= 4 is 0 Å². The minimum Gasteiger partial charge on any atom is -0.429 e. The Morgan fingerprint density at radius 3 is 2.10 bits per heavy atom. The molecule has 3 rings (SSSR count). The zero-order valence-corrected chi connectivity index (χ0v) is 15.4. The lowest BCUT2D eigenvalue weighted by Crippen LogP contribution is -2.25. The third kappa shape index (κ3) is 4.19. The molecule has 0 aliphatic heterocycles. The highest BCUT2D eigenvalue weighted by molar-refractivity contribution is 5.38. The molecule has 29 heavy (non-hydrogen) atoms. The summed E-state index contributed by atoms with van der Waals surface area (Å²) >= 11 is 0. The van der Waals surface area contributed by atoms with E-state index in [1.165, 1.54) is 6.07 Å². The quantitative estimate of drug-likeness (QED) is 0.534. The molecule has 0 saturated heterocycles. The molecule has 0 radical (unpaired) electrons. The van der Waals surface area contributed by atoms with E-state index in [9.17, 15) is 26.3 Å². The van der Waals surface area contributed by atoms with E-state index in [0.717, 1.165) is 25.0 Å². The first-order chi connectivity index (χ1) is 13.6. The topological polar surface area (TPSA) is 33.0 Å². The molecule has 0 atom stereocenters. The average Bonchev–Trinajstić information content (AvgIpc) is 2.64. The van der Waals surface area contributed by atoms with Crippen LogP contribution < -0.4 is 4.74 Å². The molecule has 8 heteroatoms. The normalized spacial score (nSPS) is 19.7. The second-order valence-electron chi connectivity index (χ2n) is 7.28. The molecule has 0 unspecified atom stereocenters. The third-order valence-electron chi connectivity index (χ3n) is 5.25. The summed E-state index contributed by atoms with van der Waals surface area (Å²) in [5.74, 6) is -6.70. The van der Waals surface area contributed by atoms with Gasteiger partial charge in [0.1, 0.15) is 34.6 Å². The molecule has 0 bridgehead atoms. The van der Waals surface area contributed by atoms with Crippen molar-refractivity contribution in [2.75, 3.05) is 0 Å². The highest BCUT2D eigenvalue weighted by atomic mass is 19.3. The molecule has 1 fully saturated rings. The molecule has 0 N–H and O–H groups in total. The lowest BCUT2D eigenvalue weighted by Gasteiger charge is -2.27. The van der Waals surface area contributed by atoms with Gasteiger partial charge in [-0.05, 0) is 36.3 Å². The van der Waals surface area contributed by atoms with E-state index in [0.29, 0.717) is 30.9 Å². The molecule has 1 aliphatic rings. The number of alkyl halides is 2. The Morgan fingerprint density at radius 1 is 0.966 bits per heavy atom. The molecular weight excluding hydrogens is 396 g/mol. The van der Waals surface area contributed by atoms with Crippen LogP contribution >= 0.6 is 0 Å². The molecule has 1 saturated carbocycles. The van der Waals surface area contributed by atoms with Gasteiger partial charge in [0.2, 0.25) is 0 Å². The summed E-state index contributed by atoms with van der Waals surface area (Å²) < 4.78 is 89.2. The van der Waals surface area contributed by atoms with Gasteiger partial charge in [0, 0.05) is 12.1 Å².